The highest BCUT2D eigenvalue weighted by Gasteiger charge is 2.18. The Morgan fingerprint density at radius 1 is 1.26 bits per heavy atom. The van der Waals surface area contributed by atoms with Crippen LogP contribution in [0.4, 0.5) is 5.69 Å². The number of aromatic nitrogens is 1. The lowest BCUT2D eigenvalue weighted by molar-refractivity contribution is -0.117. The fourth-order valence-corrected chi connectivity index (χ4v) is 2.09. The van der Waals surface area contributed by atoms with E-state index in [-0.39, 0.29) is 11.8 Å². The quantitative estimate of drug-likeness (QED) is 0.907. The fourth-order valence-electron chi connectivity index (χ4n) is 2.09. The lowest BCUT2D eigenvalue weighted by Crippen LogP contribution is -2.21. The average molecular weight is 254 g/mol. The van der Waals surface area contributed by atoms with Gasteiger partial charge >= 0.3 is 0 Å². The minimum Gasteiger partial charge on any atom is -0.325 e. The van der Waals surface area contributed by atoms with Crippen molar-refractivity contribution in [3.63, 3.8) is 0 Å². The number of anilines is 1. The minimum absolute atomic E-state index is 0.0306. The van der Waals surface area contributed by atoms with Crippen LogP contribution < -0.4 is 5.32 Å². The van der Waals surface area contributed by atoms with E-state index < -0.39 is 0 Å². The zero-order valence-corrected chi connectivity index (χ0v) is 11.3. The van der Waals surface area contributed by atoms with Gasteiger partial charge < -0.3 is 5.32 Å². The second-order valence-electron chi connectivity index (χ2n) is 4.55. The van der Waals surface area contributed by atoms with Crippen LogP contribution in [0.2, 0.25) is 0 Å². The van der Waals surface area contributed by atoms with Crippen molar-refractivity contribution in [1.82, 2.24) is 4.98 Å². The second-order valence-corrected chi connectivity index (χ2v) is 4.55. The van der Waals surface area contributed by atoms with Gasteiger partial charge in [-0.1, -0.05) is 37.3 Å². The molecular weight excluding hydrogens is 236 g/mol. The number of aryl methyl sites for hydroxylation is 1. The molecule has 2 rings (SSSR count). The van der Waals surface area contributed by atoms with Crippen molar-refractivity contribution < 1.29 is 4.79 Å². The van der Waals surface area contributed by atoms with Crippen LogP contribution in [0.15, 0.2) is 48.8 Å². The molecule has 0 aliphatic rings. The summed E-state index contributed by atoms with van der Waals surface area (Å²) in [6, 6.07) is 11.7. The summed E-state index contributed by atoms with van der Waals surface area (Å²) in [5.41, 5.74) is 2.85. The molecule has 1 aromatic carbocycles. The van der Waals surface area contributed by atoms with Crippen molar-refractivity contribution >= 4 is 11.6 Å². The molecule has 3 nitrogen and oxygen atoms in total. The van der Waals surface area contributed by atoms with E-state index in [0.29, 0.717) is 0 Å². The van der Waals surface area contributed by atoms with Crippen LogP contribution in [0.5, 0.6) is 0 Å². The SMILES string of the molecule is CCC(C(=O)Nc1ccncc1C)c1ccccc1. The molecule has 19 heavy (non-hydrogen) atoms. The Morgan fingerprint density at radius 3 is 2.63 bits per heavy atom. The molecule has 0 spiro atoms. The van der Waals surface area contributed by atoms with Crippen LogP contribution in [0.3, 0.4) is 0 Å². The molecule has 0 aliphatic heterocycles. The third-order valence-corrected chi connectivity index (χ3v) is 3.20. The first kappa shape index (κ1) is 13.3. The van der Waals surface area contributed by atoms with Gasteiger partial charge in [0.25, 0.3) is 0 Å². The van der Waals surface area contributed by atoms with Gasteiger partial charge in [-0.15, -0.1) is 0 Å². The Kier molecular flexibility index (Phi) is 4.29. The van der Waals surface area contributed by atoms with Gasteiger partial charge in [0.1, 0.15) is 0 Å². The van der Waals surface area contributed by atoms with E-state index in [2.05, 4.69) is 10.3 Å². The van der Waals surface area contributed by atoms with Crippen LogP contribution >= 0.6 is 0 Å². The molecule has 3 heteroatoms. The van der Waals surface area contributed by atoms with Crippen LogP contribution in [0, 0.1) is 6.92 Å². The highest BCUT2D eigenvalue weighted by atomic mass is 16.1. The van der Waals surface area contributed by atoms with Gasteiger partial charge in [0.05, 0.1) is 5.92 Å². The monoisotopic (exact) mass is 254 g/mol. The van der Waals surface area contributed by atoms with Gasteiger partial charge in [0.2, 0.25) is 5.91 Å². The normalized spacial score (nSPS) is 11.9. The van der Waals surface area contributed by atoms with E-state index in [9.17, 15) is 4.79 Å². The lowest BCUT2D eigenvalue weighted by atomic mass is 9.95. The van der Waals surface area contributed by atoms with Crippen LogP contribution in [-0.4, -0.2) is 10.9 Å². The maximum Gasteiger partial charge on any atom is 0.231 e. The number of hydrogen-bond acceptors (Lipinski definition) is 2. The predicted molar refractivity (Wildman–Crippen MR) is 77.1 cm³/mol. The zero-order chi connectivity index (χ0) is 13.7. The molecule has 1 atom stereocenters. The van der Waals surface area contributed by atoms with E-state index in [1.54, 1.807) is 12.4 Å². The number of rotatable bonds is 4. The molecular formula is C16H18N2O. The van der Waals surface area contributed by atoms with Crippen LogP contribution in [0.1, 0.15) is 30.4 Å². The number of carbonyl (C=O) groups is 1. The Morgan fingerprint density at radius 2 is 2.00 bits per heavy atom. The zero-order valence-electron chi connectivity index (χ0n) is 11.3. The number of benzene rings is 1. The summed E-state index contributed by atoms with van der Waals surface area (Å²) in [6.45, 7) is 3.96. The average Bonchev–Trinajstić information content (AvgIpc) is 2.43. The van der Waals surface area contributed by atoms with Gasteiger partial charge in [-0.25, -0.2) is 0 Å². The van der Waals surface area contributed by atoms with Crippen molar-refractivity contribution in [1.29, 1.82) is 0 Å². The molecule has 1 N–H and O–H groups in total. The molecule has 1 amide bonds. The summed E-state index contributed by atoms with van der Waals surface area (Å²) in [5.74, 6) is -0.0863. The Bertz CT molecular complexity index is 552. The molecule has 1 heterocycles. The smallest absolute Gasteiger partial charge is 0.231 e. The second kappa shape index (κ2) is 6.14. The highest BCUT2D eigenvalue weighted by Crippen LogP contribution is 2.22. The number of nitrogens with zero attached hydrogens (tertiary/aromatic N) is 1. The van der Waals surface area contributed by atoms with Crippen LogP contribution in [0.25, 0.3) is 0 Å². The van der Waals surface area contributed by atoms with E-state index in [1.165, 1.54) is 0 Å². The van der Waals surface area contributed by atoms with Crippen molar-refractivity contribution in [2.75, 3.05) is 5.32 Å². The number of amides is 1. The van der Waals surface area contributed by atoms with Gasteiger partial charge in [-0.2, -0.15) is 0 Å². The van der Waals surface area contributed by atoms with Crippen LogP contribution in [-0.2, 0) is 4.79 Å². The molecule has 0 saturated heterocycles. The van der Waals surface area contributed by atoms with Gasteiger partial charge in [0, 0.05) is 18.1 Å². The summed E-state index contributed by atoms with van der Waals surface area (Å²) >= 11 is 0. The molecule has 0 aliphatic carbocycles. The van der Waals surface area contributed by atoms with Crippen molar-refractivity contribution in [2.24, 2.45) is 0 Å². The van der Waals surface area contributed by atoms with Gasteiger partial charge in [-0.3, -0.25) is 9.78 Å². The Hall–Kier alpha value is -2.16. The molecule has 98 valence electrons. The van der Waals surface area contributed by atoms with E-state index in [4.69, 9.17) is 0 Å². The molecule has 1 aromatic heterocycles. The summed E-state index contributed by atoms with van der Waals surface area (Å²) in [7, 11) is 0. The number of carbonyl (C=O) groups excluding carboxylic acids is 1. The summed E-state index contributed by atoms with van der Waals surface area (Å²) in [4.78, 5) is 16.4. The van der Waals surface area contributed by atoms with Crippen molar-refractivity contribution in [3.8, 4) is 0 Å². The highest BCUT2D eigenvalue weighted by molar-refractivity contribution is 5.96. The number of pyridine rings is 1. The maximum atomic E-state index is 12.4. The third kappa shape index (κ3) is 3.19. The topological polar surface area (TPSA) is 42.0 Å². The number of hydrogen-bond donors (Lipinski definition) is 1. The fraction of sp³-hybridized carbons (Fsp3) is 0.250. The van der Waals surface area contributed by atoms with E-state index >= 15 is 0 Å². The molecule has 0 bridgehead atoms. The van der Waals surface area contributed by atoms with Crippen molar-refractivity contribution in [3.05, 3.63) is 59.9 Å². The predicted octanol–water partition coefficient (Wildman–Crippen LogP) is 3.52. The molecule has 0 fully saturated rings. The van der Waals surface area contributed by atoms with E-state index in [0.717, 1.165) is 23.2 Å². The van der Waals surface area contributed by atoms with Gasteiger partial charge in [0.15, 0.2) is 0 Å². The maximum absolute atomic E-state index is 12.4. The Labute approximate surface area is 113 Å². The Balaban J connectivity index is 2.17. The lowest BCUT2D eigenvalue weighted by Gasteiger charge is -2.16. The standard InChI is InChI=1S/C16H18N2O/c1-3-14(13-7-5-4-6-8-13)16(19)18-15-9-10-17-11-12(15)2/h4-11,14H,3H2,1-2H3,(H,17,18,19). The molecule has 1 unspecified atom stereocenters. The molecule has 2 aromatic rings. The first-order chi connectivity index (χ1) is 9.22. The summed E-state index contributed by atoms with van der Waals surface area (Å²) < 4.78 is 0. The summed E-state index contributed by atoms with van der Waals surface area (Å²) in [6.07, 6.45) is 4.21. The summed E-state index contributed by atoms with van der Waals surface area (Å²) in [5, 5.41) is 2.98. The number of nitrogens with one attached hydrogen (secondary N) is 1. The van der Waals surface area contributed by atoms with Crippen molar-refractivity contribution in [2.45, 2.75) is 26.2 Å². The largest absolute Gasteiger partial charge is 0.325 e. The van der Waals surface area contributed by atoms with Gasteiger partial charge in [-0.05, 0) is 30.5 Å². The minimum atomic E-state index is -0.117. The third-order valence-electron chi connectivity index (χ3n) is 3.20. The first-order valence-electron chi connectivity index (χ1n) is 6.48. The molecule has 0 saturated carbocycles. The molecule has 0 radical (unpaired) electrons. The van der Waals surface area contributed by atoms with E-state index in [1.807, 2.05) is 50.2 Å². The first-order valence-corrected chi connectivity index (χ1v) is 6.48.